The Hall–Kier alpha value is -0.120. The molecule has 0 radical (unpaired) electrons. The molecule has 2 aliphatic carbocycles. The fraction of sp³-hybridized carbons (Fsp3) is 1.00. The highest BCUT2D eigenvalue weighted by molar-refractivity contribution is 4.95. The van der Waals surface area contributed by atoms with Gasteiger partial charge in [0.1, 0.15) is 0 Å². The maximum absolute atomic E-state index is 5.87. The lowest BCUT2D eigenvalue weighted by Crippen LogP contribution is -2.51. The molecule has 1 unspecified atom stereocenters. The molecule has 20 heavy (non-hydrogen) atoms. The Morgan fingerprint density at radius 2 is 2.05 bits per heavy atom. The summed E-state index contributed by atoms with van der Waals surface area (Å²) in [5.41, 5.74) is 0.361. The van der Waals surface area contributed by atoms with Crippen LogP contribution in [-0.2, 0) is 4.74 Å². The third kappa shape index (κ3) is 4.19. The molecular formula is C17H32N2O. The summed E-state index contributed by atoms with van der Waals surface area (Å²) in [5.74, 6) is 1.01. The van der Waals surface area contributed by atoms with Gasteiger partial charge in [-0.3, -0.25) is 4.90 Å². The van der Waals surface area contributed by atoms with Gasteiger partial charge in [0, 0.05) is 43.7 Å². The molecule has 1 saturated heterocycles. The molecule has 1 heterocycles. The molecule has 116 valence electrons. The van der Waals surface area contributed by atoms with Crippen LogP contribution in [0.5, 0.6) is 0 Å². The lowest BCUT2D eigenvalue weighted by atomic mass is 9.81. The van der Waals surface area contributed by atoms with Gasteiger partial charge in [-0.25, -0.2) is 0 Å². The van der Waals surface area contributed by atoms with Gasteiger partial charge in [-0.2, -0.15) is 0 Å². The molecule has 0 bridgehead atoms. The Bertz CT molecular complexity index is 304. The van der Waals surface area contributed by atoms with E-state index in [1.807, 2.05) is 0 Å². The molecule has 0 aromatic heterocycles. The zero-order valence-corrected chi connectivity index (χ0v) is 13.4. The molecular weight excluding hydrogens is 248 g/mol. The van der Waals surface area contributed by atoms with Crippen LogP contribution in [0, 0.1) is 11.3 Å². The van der Waals surface area contributed by atoms with Gasteiger partial charge in [-0.1, -0.05) is 13.8 Å². The van der Waals surface area contributed by atoms with E-state index in [4.69, 9.17) is 4.74 Å². The highest BCUT2D eigenvalue weighted by atomic mass is 16.5. The van der Waals surface area contributed by atoms with Crippen LogP contribution in [0.2, 0.25) is 0 Å². The first-order valence-electron chi connectivity index (χ1n) is 8.72. The molecule has 1 atom stereocenters. The normalized spacial score (nSPS) is 31.2. The Kier molecular flexibility index (Phi) is 4.68. The average Bonchev–Trinajstić information content (AvgIpc) is 3.29. The SMILES string of the molecule is CC(C)NCC1(CN(CC2CC2)C2CC2)CCCOC1. The Balaban J connectivity index is 1.60. The number of hydrogen-bond acceptors (Lipinski definition) is 3. The van der Waals surface area contributed by atoms with Crippen LogP contribution in [-0.4, -0.2) is 49.8 Å². The van der Waals surface area contributed by atoms with Gasteiger partial charge in [0.25, 0.3) is 0 Å². The maximum Gasteiger partial charge on any atom is 0.0546 e. The highest BCUT2D eigenvalue weighted by Crippen LogP contribution is 2.38. The molecule has 3 fully saturated rings. The monoisotopic (exact) mass is 280 g/mol. The second-order valence-electron chi connectivity index (χ2n) is 7.80. The number of ether oxygens (including phenoxy) is 1. The van der Waals surface area contributed by atoms with Crippen molar-refractivity contribution in [3.05, 3.63) is 0 Å². The topological polar surface area (TPSA) is 24.5 Å². The Morgan fingerprint density at radius 1 is 1.25 bits per heavy atom. The third-order valence-corrected chi connectivity index (χ3v) is 5.08. The standard InChI is InChI=1S/C17H32N2O/c1-14(2)18-11-17(8-3-9-20-13-17)12-19(16-6-7-16)10-15-4-5-15/h14-16,18H,3-13H2,1-2H3. The molecule has 0 spiro atoms. The molecule has 1 N–H and O–H groups in total. The highest BCUT2D eigenvalue weighted by Gasteiger charge is 2.40. The van der Waals surface area contributed by atoms with E-state index in [-0.39, 0.29) is 0 Å². The van der Waals surface area contributed by atoms with Gasteiger partial charge < -0.3 is 10.1 Å². The summed E-state index contributed by atoms with van der Waals surface area (Å²) in [6.07, 6.45) is 8.37. The molecule has 1 aliphatic heterocycles. The molecule has 0 aromatic carbocycles. The van der Waals surface area contributed by atoms with E-state index in [0.717, 1.165) is 31.7 Å². The van der Waals surface area contributed by atoms with Gasteiger partial charge in [-0.15, -0.1) is 0 Å². The van der Waals surface area contributed by atoms with Crippen molar-refractivity contribution < 1.29 is 4.74 Å². The van der Waals surface area contributed by atoms with E-state index in [1.54, 1.807) is 0 Å². The lowest BCUT2D eigenvalue weighted by Gasteiger charge is -2.42. The Morgan fingerprint density at radius 3 is 2.60 bits per heavy atom. The van der Waals surface area contributed by atoms with E-state index in [9.17, 15) is 0 Å². The van der Waals surface area contributed by atoms with E-state index in [2.05, 4.69) is 24.1 Å². The molecule has 3 nitrogen and oxygen atoms in total. The van der Waals surface area contributed by atoms with E-state index in [1.165, 1.54) is 51.6 Å². The average molecular weight is 280 g/mol. The predicted octanol–water partition coefficient (Wildman–Crippen LogP) is 2.66. The zero-order valence-electron chi connectivity index (χ0n) is 13.4. The maximum atomic E-state index is 5.87. The van der Waals surface area contributed by atoms with Crippen molar-refractivity contribution in [2.24, 2.45) is 11.3 Å². The number of nitrogens with zero attached hydrogens (tertiary/aromatic N) is 1. The third-order valence-electron chi connectivity index (χ3n) is 5.08. The summed E-state index contributed by atoms with van der Waals surface area (Å²) in [6.45, 7) is 10.2. The lowest BCUT2D eigenvalue weighted by molar-refractivity contribution is -0.0290. The second-order valence-corrected chi connectivity index (χ2v) is 7.80. The summed E-state index contributed by atoms with van der Waals surface area (Å²) >= 11 is 0. The summed E-state index contributed by atoms with van der Waals surface area (Å²) < 4.78 is 5.87. The van der Waals surface area contributed by atoms with Crippen molar-refractivity contribution in [3.63, 3.8) is 0 Å². The fourth-order valence-electron chi connectivity index (χ4n) is 3.50. The van der Waals surface area contributed by atoms with E-state index >= 15 is 0 Å². The zero-order chi connectivity index (χ0) is 14.0. The van der Waals surface area contributed by atoms with Crippen LogP contribution < -0.4 is 5.32 Å². The van der Waals surface area contributed by atoms with Crippen LogP contribution >= 0.6 is 0 Å². The summed E-state index contributed by atoms with van der Waals surface area (Å²) in [7, 11) is 0. The van der Waals surface area contributed by atoms with Crippen molar-refractivity contribution in [3.8, 4) is 0 Å². The smallest absolute Gasteiger partial charge is 0.0546 e. The van der Waals surface area contributed by atoms with Crippen LogP contribution in [0.1, 0.15) is 52.4 Å². The second kappa shape index (κ2) is 6.33. The van der Waals surface area contributed by atoms with Crippen molar-refractivity contribution in [1.29, 1.82) is 0 Å². The summed E-state index contributed by atoms with van der Waals surface area (Å²) in [4.78, 5) is 2.81. The molecule has 0 aromatic rings. The molecule has 3 rings (SSSR count). The predicted molar refractivity (Wildman–Crippen MR) is 82.9 cm³/mol. The summed E-state index contributed by atoms with van der Waals surface area (Å²) in [5, 5.41) is 3.68. The van der Waals surface area contributed by atoms with Crippen molar-refractivity contribution in [2.75, 3.05) is 32.8 Å². The van der Waals surface area contributed by atoms with Gasteiger partial charge in [-0.05, 0) is 44.4 Å². The number of rotatable bonds is 8. The quantitative estimate of drug-likeness (QED) is 0.740. The first-order valence-corrected chi connectivity index (χ1v) is 8.72. The minimum atomic E-state index is 0.361. The first kappa shape index (κ1) is 14.8. The first-order chi connectivity index (χ1) is 9.67. The number of hydrogen-bond donors (Lipinski definition) is 1. The largest absolute Gasteiger partial charge is 0.381 e. The molecule has 3 heteroatoms. The van der Waals surface area contributed by atoms with Crippen molar-refractivity contribution in [2.45, 2.75) is 64.5 Å². The summed E-state index contributed by atoms with van der Waals surface area (Å²) in [6, 6.07) is 1.47. The van der Waals surface area contributed by atoms with Crippen molar-refractivity contribution in [1.82, 2.24) is 10.2 Å². The van der Waals surface area contributed by atoms with Gasteiger partial charge >= 0.3 is 0 Å². The Labute approximate surface area is 124 Å². The molecule has 3 aliphatic rings. The van der Waals surface area contributed by atoms with Crippen molar-refractivity contribution >= 4 is 0 Å². The van der Waals surface area contributed by atoms with Crippen LogP contribution in [0.15, 0.2) is 0 Å². The van der Waals surface area contributed by atoms with E-state index in [0.29, 0.717) is 11.5 Å². The van der Waals surface area contributed by atoms with Crippen LogP contribution in [0.3, 0.4) is 0 Å². The minimum absolute atomic E-state index is 0.361. The van der Waals surface area contributed by atoms with Crippen LogP contribution in [0.4, 0.5) is 0 Å². The number of nitrogens with one attached hydrogen (secondary N) is 1. The van der Waals surface area contributed by atoms with Gasteiger partial charge in [0.2, 0.25) is 0 Å². The minimum Gasteiger partial charge on any atom is -0.381 e. The fourth-order valence-corrected chi connectivity index (χ4v) is 3.50. The van der Waals surface area contributed by atoms with Gasteiger partial charge in [0.15, 0.2) is 0 Å². The molecule has 2 saturated carbocycles. The van der Waals surface area contributed by atoms with E-state index < -0.39 is 0 Å². The molecule has 0 amide bonds. The van der Waals surface area contributed by atoms with Crippen LogP contribution in [0.25, 0.3) is 0 Å². The van der Waals surface area contributed by atoms with Gasteiger partial charge in [0.05, 0.1) is 6.61 Å².